The molecule has 0 bridgehead atoms. The van der Waals surface area contributed by atoms with Gasteiger partial charge in [0.15, 0.2) is 0 Å². The van der Waals surface area contributed by atoms with Crippen LogP contribution in [0.1, 0.15) is 25.7 Å². The first-order valence-electron chi connectivity index (χ1n) is 10.8. The Morgan fingerprint density at radius 3 is 2.31 bits per heavy atom. The van der Waals surface area contributed by atoms with Gasteiger partial charge in [-0.1, -0.05) is 24.8 Å². The number of amides is 1. The van der Waals surface area contributed by atoms with Gasteiger partial charge in [0.05, 0.1) is 5.69 Å². The van der Waals surface area contributed by atoms with E-state index in [0.717, 1.165) is 48.4 Å². The van der Waals surface area contributed by atoms with E-state index < -0.39 is 0 Å². The summed E-state index contributed by atoms with van der Waals surface area (Å²) in [4.78, 5) is 20.2. The zero-order valence-electron chi connectivity index (χ0n) is 17.8. The lowest BCUT2D eigenvalue weighted by Gasteiger charge is -2.29. The number of benzene rings is 2. The number of anilines is 2. The maximum Gasteiger partial charge on any atom is 0.243 e. The smallest absolute Gasteiger partial charge is 0.243 e. The molecule has 7 nitrogen and oxygen atoms in total. The number of para-hydroxylation sites is 1. The van der Waals surface area contributed by atoms with Crippen LogP contribution in [0.4, 0.5) is 11.8 Å². The zero-order chi connectivity index (χ0) is 22.3. The second-order valence-corrected chi connectivity index (χ2v) is 7.84. The van der Waals surface area contributed by atoms with Crippen molar-refractivity contribution >= 4 is 17.7 Å². The molecule has 1 aromatic heterocycles. The predicted molar refractivity (Wildman–Crippen MR) is 126 cm³/mol. The van der Waals surface area contributed by atoms with Crippen molar-refractivity contribution in [2.45, 2.75) is 37.8 Å². The molecule has 0 radical (unpaired) electrons. The number of ether oxygens (including phenoxy) is 1. The minimum atomic E-state index is -0.116. The second-order valence-electron chi connectivity index (χ2n) is 7.84. The molecule has 1 aliphatic rings. The summed E-state index contributed by atoms with van der Waals surface area (Å²) in [5.41, 5.74) is 7.66. The second kappa shape index (κ2) is 9.96. The lowest BCUT2D eigenvalue weighted by Crippen LogP contribution is -2.39. The lowest BCUT2D eigenvalue weighted by molar-refractivity contribution is -0.117. The molecule has 7 heteroatoms. The Hall–Kier alpha value is -3.87. The number of nitrogen functional groups attached to an aromatic ring is 1. The standard InChI is InChI=1S/C25H27N5O2/c1-2-24(31)28-19-12-10-18(11-13-19)27-23-16-22(29-25(26)30-23)17-8-14-21(15-9-17)32-20-6-4-3-5-7-20/h2-9,14-16,18-19H,1,10-13H2,(H,28,31)(H3,26,27,29,30). The quantitative estimate of drug-likeness (QED) is 0.477. The van der Waals surface area contributed by atoms with Crippen molar-refractivity contribution < 1.29 is 9.53 Å². The summed E-state index contributed by atoms with van der Waals surface area (Å²) in [6, 6.07) is 19.8. The van der Waals surface area contributed by atoms with Gasteiger partial charge < -0.3 is 21.1 Å². The molecule has 0 spiro atoms. The number of nitrogens with zero attached hydrogens (tertiary/aromatic N) is 2. The first-order chi connectivity index (χ1) is 15.6. The molecule has 0 unspecified atom stereocenters. The van der Waals surface area contributed by atoms with E-state index in [1.54, 1.807) is 0 Å². The van der Waals surface area contributed by atoms with Gasteiger partial charge in [-0.2, -0.15) is 4.98 Å². The highest BCUT2D eigenvalue weighted by atomic mass is 16.5. The van der Waals surface area contributed by atoms with Gasteiger partial charge in [-0.05, 0) is 68.2 Å². The molecular formula is C25H27N5O2. The van der Waals surface area contributed by atoms with E-state index in [2.05, 4.69) is 27.2 Å². The Morgan fingerprint density at radius 2 is 1.62 bits per heavy atom. The fourth-order valence-corrected chi connectivity index (χ4v) is 3.86. The number of carbonyl (C=O) groups is 1. The molecule has 1 saturated carbocycles. The van der Waals surface area contributed by atoms with Crippen molar-refractivity contribution in [2.24, 2.45) is 0 Å². The molecule has 4 N–H and O–H groups in total. The number of carbonyl (C=O) groups excluding carboxylic acids is 1. The van der Waals surface area contributed by atoms with Crippen molar-refractivity contribution in [1.82, 2.24) is 15.3 Å². The molecule has 0 saturated heterocycles. The van der Waals surface area contributed by atoms with Gasteiger partial charge >= 0.3 is 0 Å². The minimum Gasteiger partial charge on any atom is -0.457 e. The maximum atomic E-state index is 11.5. The topological polar surface area (TPSA) is 102 Å². The molecule has 3 aromatic rings. The Kier molecular flexibility index (Phi) is 6.65. The number of nitrogens with one attached hydrogen (secondary N) is 2. The molecule has 0 aliphatic heterocycles. The number of hydrogen-bond acceptors (Lipinski definition) is 6. The SMILES string of the molecule is C=CC(=O)NC1CCC(Nc2cc(-c3ccc(Oc4ccccc4)cc3)nc(N)n2)CC1. The summed E-state index contributed by atoms with van der Waals surface area (Å²) in [5, 5.41) is 6.45. The van der Waals surface area contributed by atoms with Gasteiger partial charge in [0.2, 0.25) is 11.9 Å². The maximum absolute atomic E-state index is 11.5. The summed E-state index contributed by atoms with van der Waals surface area (Å²) in [5.74, 6) is 2.35. The third kappa shape index (κ3) is 5.63. The molecule has 0 atom stereocenters. The van der Waals surface area contributed by atoms with Crippen LogP contribution >= 0.6 is 0 Å². The first-order valence-corrected chi connectivity index (χ1v) is 10.8. The Labute approximate surface area is 187 Å². The van der Waals surface area contributed by atoms with Crippen LogP contribution in [-0.4, -0.2) is 28.0 Å². The number of aromatic nitrogens is 2. The number of rotatable bonds is 7. The predicted octanol–water partition coefficient (Wildman–Crippen LogP) is 4.54. The Balaban J connectivity index is 1.39. The van der Waals surface area contributed by atoms with Crippen molar-refractivity contribution in [3.05, 3.63) is 73.3 Å². The van der Waals surface area contributed by atoms with Crippen molar-refractivity contribution in [2.75, 3.05) is 11.1 Å². The van der Waals surface area contributed by atoms with Gasteiger partial charge in [-0.3, -0.25) is 4.79 Å². The van der Waals surface area contributed by atoms with Crippen molar-refractivity contribution in [3.8, 4) is 22.8 Å². The molecule has 1 aliphatic carbocycles. The summed E-state index contributed by atoms with van der Waals surface area (Å²) in [6.07, 6.45) is 5.01. The van der Waals surface area contributed by atoms with Crippen LogP contribution in [0, 0.1) is 0 Å². The average molecular weight is 430 g/mol. The zero-order valence-corrected chi connectivity index (χ0v) is 17.8. The highest BCUT2D eigenvalue weighted by Crippen LogP contribution is 2.27. The van der Waals surface area contributed by atoms with Crippen LogP contribution in [0.3, 0.4) is 0 Å². The van der Waals surface area contributed by atoms with Crippen LogP contribution in [-0.2, 0) is 4.79 Å². The van der Waals surface area contributed by atoms with Crippen LogP contribution < -0.4 is 21.1 Å². The van der Waals surface area contributed by atoms with Gasteiger partial charge in [0.25, 0.3) is 0 Å². The van der Waals surface area contributed by atoms with E-state index in [1.165, 1.54) is 6.08 Å². The van der Waals surface area contributed by atoms with Crippen molar-refractivity contribution in [3.63, 3.8) is 0 Å². The number of nitrogens with two attached hydrogens (primary N) is 1. The molecule has 32 heavy (non-hydrogen) atoms. The molecule has 1 amide bonds. The summed E-state index contributed by atoms with van der Waals surface area (Å²) in [7, 11) is 0. The fraction of sp³-hybridized carbons (Fsp3) is 0.240. The highest BCUT2D eigenvalue weighted by molar-refractivity contribution is 5.87. The van der Waals surface area contributed by atoms with E-state index in [9.17, 15) is 4.79 Å². The monoisotopic (exact) mass is 429 g/mol. The van der Waals surface area contributed by atoms with Gasteiger partial charge in [0, 0.05) is 23.7 Å². The van der Waals surface area contributed by atoms with E-state index in [4.69, 9.17) is 10.5 Å². The fourth-order valence-electron chi connectivity index (χ4n) is 3.86. The van der Waals surface area contributed by atoms with E-state index in [-0.39, 0.29) is 23.9 Å². The van der Waals surface area contributed by atoms with Gasteiger partial charge in [-0.15, -0.1) is 0 Å². The molecule has 4 rings (SSSR count). The lowest BCUT2D eigenvalue weighted by atomic mass is 9.91. The molecule has 1 heterocycles. The summed E-state index contributed by atoms with van der Waals surface area (Å²) < 4.78 is 5.86. The van der Waals surface area contributed by atoms with Crippen LogP contribution in [0.15, 0.2) is 73.3 Å². The molecule has 164 valence electrons. The van der Waals surface area contributed by atoms with Gasteiger partial charge in [0.1, 0.15) is 17.3 Å². The third-order valence-electron chi connectivity index (χ3n) is 5.48. The van der Waals surface area contributed by atoms with Crippen LogP contribution in [0.2, 0.25) is 0 Å². The normalized spacial score (nSPS) is 17.9. The molecule has 1 fully saturated rings. The van der Waals surface area contributed by atoms with Crippen LogP contribution in [0.5, 0.6) is 11.5 Å². The largest absolute Gasteiger partial charge is 0.457 e. The van der Waals surface area contributed by atoms with Gasteiger partial charge in [-0.25, -0.2) is 4.98 Å². The Bertz CT molecular complexity index is 1060. The summed E-state index contributed by atoms with van der Waals surface area (Å²) in [6.45, 7) is 3.50. The number of hydrogen-bond donors (Lipinski definition) is 3. The molecule has 2 aromatic carbocycles. The Morgan fingerprint density at radius 1 is 0.969 bits per heavy atom. The third-order valence-corrected chi connectivity index (χ3v) is 5.48. The summed E-state index contributed by atoms with van der Waals surface area (Å²) >= 11 is 0. The van der Waals surface area contributed by atoms with E-state index in [0.29, 0.717) is 5.82 Å². The highest BCUT2D eigenvalue weighted by Gasteiger charge is 2.22. The van der Waals surface area contributed by atoms with Crippen molar-refractivity contribution in [1.29, 1.82) is 0 Å². The van der Waals surface area contributed by atoms with E-state index >= 15 is 0 Å². The minimum absolute atomic E-state index is 0.116. The first kappa shape index (κ1) is 21.4. The van der Waals surface area contributed by atoms with E-state index in [1.807, 2.05) is 60.7 Å². The van der Waals surface area contributed by atoms with Crippen LogP contribution in [0.25, 0.3) is 11.3 Å². The molecular weight excluding hydrogens is 402 g/mol. The average Bonchev–Trinajstić information content (AvgIpc) is 2.81.